The van der Waals surface area contributed by atoms with Gasteiger partial charge in [-0.2, -0.15) is 0 Å². The lowest BCUT2D eigenvalue weighted by molar-refractivity contribution is 0.591. The van der Waals surface area contributed by atoms with Crippen LogP contribution in [0.5, 0.6) is 0 Å². The van der Waals surface area contributed by atoms with Gasteiger partial charge >= 0.3 is 5.69 Å². The molecule has 20 heavy (non-hydrogen) atoms. The molecule has 7 nitrogen and oxygen atoms in total. The highest BCUT2D eigenvalue weighted by Crippen LogP contribution is 2.16. The van der Waals surface area contributed by atoms with Crippen LogP contribution in [0.3, 0.4) is 0 Å². The average molecular weight is 360 g/mol. The van der Waals surface area contributed by atoms with Gasteiger partial charge in [-0.1, -0.05) is 34.1 Å². The van der Waals surface area contributed by atoms with Crippen molar-refractivity contribution in [1.82, 2.24) is 9.55 Å². The van der Waals surface area contributed by atoms with Crippen molar-refractivity contribution in [2.75, 3.05) is 0 Å². The van der Waals surface area contributed by atoms with Crippen molar-refractivity contribution in [1.29, 1.82) is 0 Å². The van der Waals surface area contributed by atoms with E-state index in [1.54, 1.807) is 24.3 Å². The standard InChI is InChI=1S/C11H10BrN3O4S/c12-8-4-2-1-3-7(8)5-15-6-9(20(13,18)19)10(16)14-11(15)17/h1-4,6H,5H2,(H2,13,18,19)(H,14,16,17). The Balaban J connectivity index is 2.57. The number of halogens is 1. The van der Waals surface area contributed by atoms with E-state index in [-0.39, 0.29) is 6.54 Å². The van der Waals surface area contributed by atoms with E-state index in [0.717, 1.165) is 20.8 Å². The number of hydrogen-bond acceptors (Lipinski definition) is 4. The Labute approximate surface area is 122 Å². The number of nitrogens with zero attached hydrogens (tertiary/aromatic N) is 1. The van der Waals surface area contributed by atoms with E-state index in [9.17, 15) is 18.0 Å². The molecule has 9 heteroatoms. The summed E-state index contributed by atoms with van der Waals surface area (Å²) in [6, 6.07) is 7.13. The Morgan fingerprint density at radius 3 is 2.50 bits per heavy atom. The maximum Gasteiger partial charge on any atom is 0.328 e. The Kier molecular flexibility index (Phi) is 3.93. The van der Waals surface area contributed by atoms with Gasteiger partial charge in [0.2, 0.25) is 10.0 Å². The molecule has 0 aliphatic heterocycles. The largest absolute Gasteiger partial charge is 0.328 e. The lowest BCUT2D eigenvalue weighted by atomic mass is 10.2. The van der Waals surface area contributed by atoms with Crippen molar-refractivity contribution in [2.45, 2.75) is 11.4 Å². The van der Waals surface area contributed by atoms with Crippen LogP contribution in [0.15, 0.2) is 49.4 Å². The van der Waals surface area contributed by atoms with E-state index in [1.165, 1.54) is 0 Å². The minimum atomic E-state index is -4.19. The molecule has 1 aromatic heterocycles. The molecule has 0 amide bonds. The van der Waals surface area contributed by atoms with Crippen molar-refractivity contribution < 1.29 is 8.42 Å². The Hall–Kier alpha value is -1.71. The number of benzene rings is 1. The third-order valence-electron chi connectivity index (χ3n) is 2.58. The first-order valence-electron chi connectivity index (χ1n) is 5.39. The van der Waals surface area contributed by atoms with E-state index < -0.39 is 26.2 Å². The summed E-state index contributed by atoms with van der Waals surface area (Å²) < 4.78 is 24.4. The quantitative estimate of drug-likeness (QED) is 0.801. The minimum absolute atomic E-state index is 0.0968. The van der Waals surface area contributed by atoms with E-state index in [1.807, 2.05) is 4.98 Å². The second-order valence-corrected chi connectivity index (χ2v) is 6.40. The highest BCUT2D eigenvalue weighted by molar-refractivity contribution is 9.10. The highest BCUT2D eigenvalue weighted by atomic mass is 79.9. The average Bonchev–Trinajstić information content (AvgIpc) is 2.33. The topological polar surface area (TPSA) is 115 Å². The number of H-pyrrole nitrogens is 1. The number of aromatic nitrogens is 2. The molecule has 1 aromatic carbocycles. The Morgan fingerprint density at radius 2 is 1.90 bits per heavy atom. The number of hydrogen-bond donors (Lipinski definition) is 2. The van der Waals surface area contributed by atoms with Crippen LogP contribution in [0.4, 0.5) is 0 Å². The molecule has 0 radical (unpaired) electrons. The molecule has 2 aromatic rings. The number of nitrogens with one attached hydrogen (secondary N) is 1. The molecule has 0 aliphatic rings. The fourth-order valence-electron chi connectivity index (χ4n) is 1.62. The monoisotopic (exact) mass is 359 g/mol. The Bertz CT molecular complexity index is 870. The van der Waals surface area contributed by atoms with Crippen molar-refractivity contribution in [3.8, 4) is 0 Å². The van der Waals surface area contributed by atoms with Gasteiger partial charge in [-0.25, -0.2) is 18.4 Å². The molecule has 0 aliphatic carbocycles. The van der Waals surface area contributed by atoms with Gasteiger partial charge in [-0.3, -0.25) is 14.3 Å². The molecule has 106 valence electrons. The molecule has 2 rings (SSSR count). The molecule has 0 spiro atoms. The zero-order valence-electron chi connectivity index (χ0n) is 10.0. The predicted octanol–water partition coefficient (Wildman–Crippen LogP) is -0.00520. The van der Waals surface area contributed by atoms with Crippen LogP contribution in [0.2, 0.25) is 0 Å². The van der Waals surface area contributed by atoms with Gasteiger partial charge in [-0.15, -0.1) is 0 Å². The number of aromatic amines is 1. The number of nitrogens with two attached hydrogens (primary N) is 1. The van der Waals surface area contributed by atoms with E-state index in [2.05, 4.69) is 15.9 Å². The van der Waals surface area contributed by atoms with Crippen LogP contribution in [-0.2, 0) is 16.6 Å². The summed E-state index contributed by atoms with van der Waals surface area (Å²) in [5, 5.41) is 4.93. The lowest BCUT2D eigenvalue weighted by Gasteiger charge is -2.08. The summed E-state index contributed by atoms with van der Waals surface area (Å²) in [4.78, 5) is 24.4. The van der Waals surface area contributed by atoms with Crippen LogP contribution in [-0.4, -0.2) is 18.0 Å². The van der Waals surface area contributed by atoms with Crippen LogP contribution in [0.1, 0.15) is 5.56 Å². The van der Waals surface area contributed by atoms with Crippen LogP contribution in [0.25, 0.3) is 0 Å². The fourth-order valence-corrected chi connectivity index (χ4v) is 2.61. The van der Waals surface area contributed by atoms with Gasteiger partial charge < -0.3 is 0 Å². The van der Waals surface area contributed by atoms with Crippen LogP contribution >= 0.6 is 15.9 Å². The minimum Gasteiger partial charge on any atom is -0.295 e. The SMILES string of the molecule is NS(=O)(=O)c1cn(Cc2ccccc2Br)c(=O)[nH]c1=O. The van der Waals surface area contributed by atoms with Gasteiger partial charge in [0.25, 0.3) is 5.56 Å². The summed E-state index contributed by atoms with van der Waals surface area (Å²) in [5.74, 6) is 0. The summed E-state index contributed by atoms with van der Waals surface area (Å²) >= 11 is 3.32. The predicted molar refractivity (Wildman–Crippen MR) is 75.9 cm³/mol. The molecule has 0 fully saturated rings. The molecule has 0 saturated carbocycles. The van der Waals surface area contributed by atoms with E-state index in [4.69, 9.17) is 5.14 Å². The smallest absolute Gasteiger partial charge is 0.295 e. The number of sulfonamides is 1. The van der Waals surface area contributed by atoms with Gasteiger partial charge in [0.05, 0.1) is 6.54 Å². The van der Waals surface area contributed by atoms with Gasteiger partial charge in [-0.05, 0) is 11.6 Å². The Morgan fingerprint density at radius 1 is 1.25 bits per heavy atom. The maximum absolute atomic E-state index is 11.7. The highest BCUT2D eigenvalue weighted by Gasteiger charge is 2.15. The van der Waals surface area contributed by atoms with E-state index in [0.29, 0.717) is 0 Å². The summed E-state index contributed by atoms with van der Waals surface area (Å²) in [6.07, 6.45) is 0.940. The van der Waals surface area contributed by atoms with Crippen LogP contribution in [0, 0.1) is 0 Å². The maximum atomic E-state index is 11.7. The molecular weight excluding hydrogens is 350 g/mol. The molecule has 0 atom stereocenters. The molecule has 0 bridgehead atoms. The lowest BCUT2D eigenvalue weighted by Crippen LogP contribution is -2.34. The van der Waals surface area contributed by atoms with Crippen molar-refractivity contribution in [3.05, 3.63) is 61.3 Å². The van der Waals surface area contributed by atoms with Crippen molar-refractivity contribution >= 4 is 26.0 Å². The fraction of sp³-hybridized carbons (Fsp3) is 0.0909. The summed E-state index contributed by atoms with van der Waals surface area (Å²) in [7, 11) is -4.19. The first-order chi connectivity index (χ1) is 9.29. The van der Waals surface area contributed by atoms with Crippen molar-refractivity contribution in [2.24, 2.45) is 5.14 Å². The molecule has 0 saturated heterocycles. The summed E-state index contributed by atoms with van der Waals surface area (Å²) in [5.41, 5.74) is -0.985. The van der Waals surface area contributed by atoms with Gasteiger partial charge in [0.1, 0.15) is 0 Å². The number of rotatable bonds is 3. The number of primary sulfonamides is 1. The first kappa shape index (κ1) is 14.7. The molecule has 0 unspecified atom stereocenters. The van der Waals surface area contributed by atoms with E-state index >= 15 is 0 Å². The normalized spacial score (nSPS) is 11.5. The molecular formula is C11H10BrN3O4S. The third-order valence-corrected chi connectivity index (χ3v) is 4.26. The third kappa shape index (κ3) is 3.06. The summed E-state index contributed by atoms with van der Waals surface area (Å²) in [6.45, 7) is 0.0968. The zero-order valence-corrected chi connectivity index (χ0v) is 12.4. The van der Waals surface area contributed by atoms with Gasteiger partial charge in [0, 0.05) is 10.7 Å². The molecule has 3 N–H and O–H groups in total. The second-order valence-electron chi connectivity index (χ2n) is 4.02. The second kappa shape index (κ2) is 5.35. The zero-order chi connectivity index (χ0) is 14.9. The molecule has 1 heterocycles. The van der Waals surface area contributed by atoms with Crippen molar-refractivity contribution in [3.63, 3.8) is 0 Å². The first-order valence-corrected chi connectivity index (χ1v) is 7.73. The van der Waals surface area contributed by atoms with Gasteiger partial charge in [0.15, 0.2) is 4.90 Å². The van der Waals surface area contributed by atoms with Crippen LogP contribution < -0.4 is 16.4 Å².